The van der Waals surface area contributed by atoms with Gasteiger partial charge in [0.2, 0.25) is 0 Å². The van der Waals surface area contributed by atoms with Crippen LogP contribution in [0.3, 0.4) is 0 Å². The molecule has 0 aromatic carbocycles. The van der Waals surface area contributed by atoms with E-state index < -0.39 is 18.3 Å². The van der Waals surface area contributed by atoms with Crippen LogP contribution in [0.2, 0.25) is 0 Å². The summed E-state index contributed by atoms with van der Waals surface area (Å²) in [6.07, 6.45) is -0.658. The lowest BCUT2D eigenvalue weighted by Crippen LogP contribution is -2.16. The van der Waals surface area contributed by atoms with Gasteiger partial charge in [-0.3, -0.25) is 0 Å². The van der Waals surface area contributed by atoms with E-state index in [9.17, 15) is 0 Å². The van der Waals surface area contributed by atoms with Crippen molar-refractivity contribution in [3.8, 4) is 0 Å². The lowest BCUT2D eigenvalue weighted by atomic mass is 10.4. The second kappa shape index (κ2) is 9.09. The summed E-state index contributed by atoms with van der Waals surface area (Å²) < 4.78 is 15.2. The van der Waals surface area contributed by atoms with Crippen molar-refractivity contribution in [3.05, 3.63) is 12.2 Å². The number of aliphatic hydroxyl groups is 3. The quantitative estimate of drug-likeness (QED) is 0.498. The average molecular weight is 250 g/mol. The first-order valence-electron chi connectivity index (χ1n) is 5.53. The highest BCUT2D eigenvalue weighted by Gasteiger charge is 2.06. The first-order chi connectivity index (χ1) is 7.91. The standard InChI is InChI=1S/C11H22O6/c1-8(12)4-15-7-11(16-5-9(2)13)17-6-10(3)14/h7-10,12-14H,4-6H2,1-3H3. The van der Waals surface area contributed by atoms with E-state index >= 15 is 0 Å². The van der Waals surface area contributed by atoms with E-state index in [4.69, 9.17) is 29.5 Å². The molecule has 17 heavy (non-hydrogen) atoms. The first-order valence-corrected chi connectivity index (χ1v) is 5.53. The van der Waals surface area contributed by atoms with Crippen molar-refractivity contribution in [3.63, 3.8) is 0 Å². The Morgan fingerprint density at radius 1 is 0.882 bits per heavy atom. The van der Waals surface area contributed by atoms with Crippen molar-refractivity contribution < 1.29 is 29.5 Å². The van der Waals surface area contributed by atoms with E-state index in [2.05, 4.69) is 0 Å². The first kappa shape index (κ1) is 16.0. The molecule has 0 saturated heterocycles. The molecule has 0 bridgehead atoms. The van der Waals surface area contributed by atoms with Gasteiger partial charge in [0.15, 0.2) is 6.26 Å². The summed E-state index contributed by atoms with van der Waals surface area (Å²) >= 11 is 0. The van der Waals surface area contributed by atoms with Crippen LogP contribution < -0.4 is 0 Å². The number of ether oxygens (including phenoxy) is 3. The van der Waals surface area contributed by atoms with E-state index in [1.165, 1.54) is 6.26 Å². The Hall–Kier alpha value is -0.980. The van der Waals surface area contributed by atoms with E-state index in [1.54, 1.807) is 20.8 Å². The average Bonchev–Trinajstić information content (AvgIpc) is 2.20. The van der Waals surface area contributed by atoms with Crippen LogP contribution in [-0.2, 0) is 14.2 Å². The normalized spacial score (nSPS) is 15.6. The van der Waals surface area contributed by atoms with Gasteiger partial charge in [-0.15, -0.1) is 0 Å². The van der Waals surface area contributed by atoms with Crippen LogP contribution in [0.4, 0.5) is 0 Å². The van der Waals surface area contributed by atoms with Crippen molar-refractivity contribution in [2.45, 2.75) is 39.1 Å². The molecule has 3 unspecified atom stereocenters. The fourth-order valence-electron chi connectivity index (χ4n) is 0.771. The van der Waals surface area contributed by atoms with Gasteiger partial charge < -0.3 is 29.5 Å². The van der Waals surface area contributed by atoms with Crippen molar-refractivity contribution in [1.82, 2.24) is 0 Å². The molecule has 0 aliphatic carbocycles. The predicted octanol–water partition coefficient (Wildman–Crippen LogP) is -0.0225. The molecule has 0 spiro atoms. The van der Waals surface area contributed by atoms with Gasteiger partial charge in [-0.2, -0.15) is 0 Å². The number of hydrogen-bond donors (Lipinski definition) is 3. The summed E-state index contributed by atoms with van der Waals surface area (Å²) in [5, 5.41) is 27.1. The second-order valence-corrected chi connectivity index (χ2v) is 3.94. The molecule has 0 heterocycles. The van der Waals surface area contributed by atoms with Gasteiger partial charge in [-0.05, 0) is 20.8 Å². The number of rotatable bonds is 9. The van der Waals surface area contributed by atoms with Crippen LogP contribution in [0.1, 0.15) is 20.8 Å². The molecule has 3 atom stereocenters. The van der Waals surface area contributed by atoms with Crippen LogP contribution in [0.25, 0.3) is 0 Å². The van der Waals surface area contributed by atoms with Gasteiger partial charge in [0.1, 0.15) is 19.8 Å². The molecule has 0 saturated carbocycles. The summed E-state index contributed by atoms with van der Waals surface area (Å²) in [5.74, 6) is 0.0625. The van der Waals surface area contributed by atoms with Crippen LogP contribution in [0.5, 0.6) is 0 Å². The zero-order valence-electron chi connectivity index (χ0n) is 10.5. The Labute approximate surface area is 101 Å². The van der Waals surface area contributed by atoms with Crippen molar-refractivity contribution >= 4 is 0 Å². The Bertz CT molecular complexity index is 198. The van der Waals surface area contributed by atoms with E-state index in [-0.39, 0.29) is 25.8 Å². The fourth-order valence-corrected chi connectivity index (χ4v) is 0.771. The van der Waals surface area contributed by atoms with Gasteiger partial charge in [0.05, 0.1) is 18.3 Å². The molecule has 0 aromatic heterocycles. The Morgan fingerprint density at radius 3 is 1.65 bits per heavy atom. The molecule has 3 N–H and O–H groups in total. The molecule has 6 heteroatoms. The molecular formula is C11H22O6. The maximum absolute atomic E-state index is 9.05. The fraction of sp³-hybridized carbons (Fsp3) is 0.818. The summed E-state index contributed by atoms with van der Waals surface area (Å²) in [6.45, 7) is 4.96. The van der Waals surface area contributed by atoms with Gasteiger partial charge in [0.25, 0.3) is 0 Å². The monoisotopic (exact) mass is 250 g/mol. The van der Waals surface area contributed by atoms with Crippen molar-refractivity contribution in [1.29, 1.82) is 0 Å². The zero-order valence-corrected chi connectivity index (χ0v) is 10.5. The molecule has 0 aliphatic rings. The summed E-state index contributed by atoms with van der Waals surface area (Å²) in [7, 11) is 0. The van der Waals surface area contributed by atoms with Gasteiger partial charge >= 0.3 is 5.95 Å². The minimum Gasteiger partial charge on any atom is -0.491 e. The lowest BCUT2D eigenvalue weighted by Gasteiger charge is -2.14. The van der Waals surface area contributed by atoms with E-state index in [1.807, 2.05) is 0 Å². The van der Waals surface area contributed by atoms with E-state index in [0.29, 0.717) is 0 Å². The van der Waals surface area contributed by atoms with Gasteiger partial charge in [-0.25, -0.2) is 0 Å². The highest BCUT2D eigenvalue weighted by molar-refractivity contribution is 4.77. The highest BCUT2D eigenvalue weighted by Crippen LogP contribution is 2.03. The Kier molecular flexibility index (Phi) is 8.57. The summed E-state index contributed by atoms with van der Waals surface area (Å²) in [5.41, 5.74) is 0. The molecule has 0 radical (unpaired) electrons. The third-order valence-corrected chi connectivity index (χ3v) is 1.45. The predicted molar refractivity (Wildman–Crippen MR) is 61.0 cm³/mol. The SMILES string of the molecule is CC(O)COC=C(OCC(C)O)OCC(C)O. The highest BCUT2D eigenvalue weighted by atomic mass is 16.7. The topological polar surface area (TPSA) is 88.4 Å². The van der Waals surface area contributed by atoms with E-state index in [0.717, 1.165) is 0 Å². The molecule has 0 aromatic rings. The zero-order chi connectivity index (χ0) is 13.3. The van der Waals surface area contributed by atoms with Crippen LogP contribution in [0, 0.1) is 0 Å². The molecule has 102 valence electrons. The largest absolute Gasteiger partial charge is 0.491 e. The third-order valence-electron chi connectivity index (χ3n) is 1.45. The minimum atomic E-state index is -0.634. The molecule has 0 amide bonds. The maximum atomic E-state index is 9.05. The lowest BCUT2D eigenvalue weighted by molar-refractivity contribution is -0.0337. The number of hydrogen-bond acceptors (Lipinski definition) is 6. The van der Waals surface area contributed by atoms with Crippen LogP contribution in [-0.4, -0.2) is 53.5 Å². The molecule has 0 aliphatic heterocycles. The Balaban J connectivity index is 4.08. The molecule has 0 fully saturated rings. The molecule has 6 nitrogen and oxygen atoms in total. The molecule has 0 rings (SSSR count). The smallest absolute Gasteiger partial charge is 0.315 e. The van der Waals surface area contributed by atoms with Crippen LogP contribution in [0.15, 0.2) is 12.2 Å². The molecular weight excluding hydrogens is 228 g/mol. The Morgan fingerprint density at radius 2 is 1.29 bits per heavy atom. The third kappa shape index (κ3) is 11.3. The van der Waals surface area contributed by atoms with Crippen molar-refractivity contribution in [2.75, 3.05) is 19.8 Å². The summed E-state index contributed by atoms with van der Waals surface area (Å²) in [6, 6.07) is 0. The second-order valence-electron chi connectivity index (χ2n) is 3.94. The maximum Gasteiger partial charge on any atom is 0.315 e. The number of aliphatic hydroxyl groups excluding tert-OH is 3. The summed E-state index contributed by atoms with van der Waals surface area (Å²) in [4.78, 5) is 0. The van der Waals surface area contributed by atoms with Crippen molar-refractivity contribution in [2.24, 2.45) is 0 Å². The van der Waals surface area contributed by atoms with Gasteiger partial charge in [-0.1, -0.05) is 0 Å². The minimum absolute atomic E-state index is 0.0592. The van der Waals surface area contributed by atoms with Gasteiger partial charge in [0, 0.05) is 0 Å². The van der Waals surface area contributed by atoms with Crippen LogP contribution >= 0.6 is 0 Å².